The van der Waals surface area contributed by atoms with Crippen molar-refractivity contribution in [3.8, 4) is 5.75 Å². The highest BCUT2D eigenvalue weighted by atomic mass is 16.5. The van der Waals surface area contributed by atoms with Gasteiger partial charge in [0.1, 0.15) is 5.75 Å². The Hall–Kier alpha value is -1.75. The number of rotatable bonds is 2. The average Bonchev–Trinajstić information content (AvgIpc) is 3.03. The number of hydrogen-bond acceptors (Lipinski definition) is 3. The van der Waals surface area contributed by atoms with Crippen LogP contribution < -0.4 is 5.32 Å². The van der Waals surface area contributed by atoms with Crippen LogP contribution in [0.2, 0.25) is 0 Å². The molecule has 0 spiro atoms. The largest absolute Gasteiger partial charge is 0.508 e. The van der Waals surface area contributed by atoms with Gasteiger partial charge in [0.05, 0.1) is 19.3 Å². The molecule has 21 heavy (non-hydrogen) atoms. The number of hydrogen-bond donors (Lipinski definition) is 2. The molecule has 1 aromatic carbocycles. The lowest BCUT2D eigenvalue weighted by Gasteiger charge is -2.31. The number of phenols is 1. The minimum absolute atomic E-state index is 0.279. The van der Waals surface area contributed by atoms with Crippen LogP contribution in [0.5, 0.6) is 5.75 Å². The molecule has 2 N–H and O–H groups in total. The Bertz CT molecular complexity index is 475. The monoisotopic (exact) mass is 289 g/mol. The zero-order chi connectivity index (χ0) is 14.5. The summed E-state index contributed by atoms with van der Waals surface area (Å²) in [4.78, 5) is 7.19. The summed E-state index contributed by atoms with van der Waals surface area (Å²) in [6, 6.07) is 7.57. The van der Waals surface area contributed by atoms with Crippen LogP contribution in [0.4, 0.5) is 5.69 Å². The maximum absolute atomic E-state index is 9.38. The molecule has 1 saturated heterocycles. The van der Waals surface area contributed by atoms with Gasteiger partial charge in [0, 0.05) is 18.8 Å². The van der Waals surface area contributed by atoms with Crippen molar-refractivity contribution >= 4 is 11.6 Å². The van der Waals surface area contributed by atoms with Crippen LogP contribution in [0.3, 0.4) is 0 Å². The molecule has 0 radical (unpaired) electrons. The van der Waals surface area contributed by atoms with E-state index in [-0.39, 0.29) is 5.75 Å². The second-order valence-electron chi connectivity index (χ2n) is 5.66. The molecular weight excluding hydrogens is 266 g/mol. The Balaban J connectivity index is 1.75. The Morgan fingerprint density at radius 2 is 1.81 bits per heavy atom. The van der Waals surface area contributed by atoms with Gasteiger partial charge in [-0.2, -0.15) is 0 Å². The highest BCUT2D eigenvalue weighted by Gasteiger charge is 2.19. The van der Waals surface area contributed by atoms with E-state index < -0.39 is 0 Å². The zero-order valence-electron chi connectivity index (χ0n) is 12.3. The normalized spacial score (nSPS) is 20.8. The van der Waals surface area contributed by atoms with Crippen LogP contribution in [-0.4, -0.2) is 48.3 Å². The highest BCUT2D eigenvalue weighted by Crippen LogP contribution is 2.22. The molecule has 0 bridgehead atoms. The number of aliphatic imine (C=N–C) groups is 1. The Morgan fingerprint density at radius 1 is 1.14 bits per heavy atom. The summed E-state index contributed by atoms with van der Waals surface area (Å²) >= 11 is 0. The van der Waals surface area contributed by atoms with E-state index in [1.54, 1.807) is 12.1 Å². The van der Waals surface area contributed by atoms with E-state index >= 15 is 0 Å². The van der Waals surface area contributed by atoms with E-state index in [2.05, 4.69) is 10.2 Å². The van der Waals surface area contributed by atoms with Crippen molar-refractivity contribution in [2.75, 3.05) is 31.6 Å². The van der Waals surface area contributed by atoms with Crippen molar-refractivity contribution in [3.05, 3.63) is 24.3 Å². The number of ether oxygens (including phenoxy) is 1. The first-order valence-electron chi connectivity index (χ1n) is 7.78. The third-order valence-electron chi connectivity index (χ3n) is 4.06. The van der Waals surface area contributed by atoms with Gasteiger partial charge in [-0.25, -0.2) is 4.99 Å². The number of nitrogens with zero attached hydrogens (tertiary/aromatic N) is 2. The number of nitrogens with one attached hydrogen (secondary N) is 1. The summed E-state index contributed by atoms with van der Waals surface area (Å²) in [6.45, 7) is 3.25. The first kappa shape index (κ1) is 14.2. The van der Waals surface area contributed by atoms with Crippen LogP contribution in [0.15, 0.2) is 29.3 Å². The van der Waals surface area contributed by atoms with Crippen molar-refractivity contribution in [3.63, 3.8) is 0 Å². The predicted molar refractivity (Wildman–Crippen MR) is 83.8 cm³/mol. The first-order chi connectivity index (χ1) is 10.3. The topological polar surface area (TPSA) is 57.1 Å². The molecule has 0 amide bonds. The van der Waals surface area contributed by atoms with Gasteiger partial charge in [0.2, 0.25) is 0 Å². The molecular formula is C16H23N3O2. The number of aromatic hydroxyl groups is 1. The summed E-state index contributed by atoms with van der Waals surface area (Å²) in [5, 5.41) is 12.8. The van der Waals surface area contributed by atoms with Gasteiger partial charge in [0.25, 0.3) is 0 Å². The maximum Gasteiger partial charge on any atom is 0.198 e. The fraction of sp³-hybridized carbons (Fsp3) is 0.562. The van der Waals surface area contributed by atoms with Gasteiger partial charge in [-0.3, -0.25) is 0 Å². The summed E-state index contributed by atoms with van der Waals surface area (Å²) in [6.07, 6.45) is 4.93. The van der Waals surface area contributed by atoms with E-state index in [4.69, 9.17) is 9.73 Å². The lowest BCUT2D eigenvalue weighted by atomic mass is 10.2. The molecule has 114 valence electrons. The van der Waals surface area contributed by atoms with E-state index in [0.29, 0.717) is 6.04 Å². The second kappa shape index (κ2) is 6.80. The molecule has 0 aromatic heterocycles. The van der Waals surface area contributed by atoms with Gasteiger partial charge < -0.3 is 20.1 Å². The third kappa shape index (κ3) is 3.88. The Morgan fingerprint density at radius 3 is 2.48 bits per heavy atom. The average molecular weight is 289 g/mol. The van der Waals surface area contributed by atoms with Crippen molar-refractivity contribution in [1.82, 2.24) is 4.90 Å². The smallest absolute Gasteiger partial charge is 0.198 e. The molecule has 2 fully saturated rings. The van der Waals surface area contributed by atoms with Crippen LogP contribution >= 0.6 is 0 Å². The fourth-order valence-electron chi connectivity index (χ4n) is 2.85. The quantitative estimate of drug-likeness (QED) is 0.499. The fourth-order valence-corrected chi connectivity index (χ4v) is 2.85. The number of phenolic OH excluding ortho intramolecular Hbond substituents is 1. The highest BCUT2D eigenvalue weighted by molar-refractivity contribution is 5.94. The summed E-state index contributed by atoms with van der Waals surface area (Å²) in [5.74, 6) is 1.22. The maximum atomic E-state index is 9.38. The zero-order valence-corrected chi connectivity index (χ0v) is 12.3. The van der Waals surface area contributed by atoms with Gasteiger partial charge >= 0.3 is 0 Å². The lowest BCUT2D eigenvalue weighted by Crippen LogP contribution is -2.44. The second-order valence-corrected chi connectivity index (χ2v) is 5.66. The molecule has 1 aliphatic heterocycles. The van der Waals surface area contributed by atoms with E-state index in [1.807, 2.05) is 12.1 Å². The van der Waals surface area contributed by atoms with Crippen molar-refractivity contribution < 1.29 is 9.84 Å². The van der Waals surface area contributed by atoms with Crippen molar-refractivity contribution in [2.45, 2.75) is 31.7 Å². The first-order valence-corrected chi connectivity index (χ1v) is 7.78. The van der Waals surface area contributed by atoms with Crippen molar-refractivity contribution in [1.29, 1.82) is 0 Å². The predicted octanol–water partition coefficient (Wildman–Crippen LogP) is 2.43. The molecule has 0 unspecified atom stereocenters. The number of anilines is 1. The molecule has 1 saturated carbocycles. The standard InChI is InChI=1S/C16H23N3O2/c20-15-7-5-14(6-8-15)18-16(17-13-3-1-2-4-13)19-9-11-21-12-10-19/h5-8,13,20H,1-4,9-12H2,(H,17,18). The molecule has 2 aliphatic rings. The van der Waals surface area contributed by atoms with E-state index in [0.717, 1.165) is 38.0 Å². The van der Waals surface area contributed by atoms with Gasteiger partial charge in [0.15, 0.2) is 5.96 Å². The van der Waals surface area contributed by atoms with Gasteiger partial charge in [-0.05, 0) is 37.1 Å². The molecule has 5 nitrogen and oxygen atoms in total. The van der Waals surface area contributed by atoms with Crippen LogP contribution in [0, 0.1) is 0 Å². The SMILES string of the molecule is Oc1ccc(NC(=NC2CCCC2)N2CCOCC2)cc1. The molecule has 3 rings (SSSR count). The minimum atomic E-state index is 0.279. The van der Waals surface area contributed by atoms with E-state index in [1.165, 1.54) is 25.7 Å². The Labute approximate surface area is 125 Å². The Kier molecular flexibility index (Phi) is 4.60. The molecule has 0 atom stereocenters. The summed E-state index contributed by atoms with van der Waals surface area (Å²) < 4.78 is 5.43. The van der Waals surface area contributed by atoms with E-state index in [9.17, 15) is 5.11 Å². The number of benzene rings is 1. The third-order valence-corrected chi connectivity index (χ3v) is 4.06. The van der Waals surface area contributed by atoms with Crippen LogP contribution in [0.25, 0.3) is 0 Å². The lowest BCUT2D eigenvalue weighted by molar-refractivity contribution is 0.0678. The molecule has 5 heteroatoms. The number of guanidine groups is 1. The number of morpholine rings is 1. The summed E-state index contributed by atoms with van der Waals surface area (Å²) in [7, 11) is 0. The molecule has 1 aliphatic carbocycles. The molecule has 1 heterocycles. The van der Waals surface area contributed by atoms with Crippen LogP contribution in [-0.2, 0) is 4.74 Å². The molecule has 1 aromatic rings. The van der Waals surface area contributed by atoms with Gasteiger partial charge in [-0.1, -0.05) is 12.8 Å². The van der Waals surface area contributed by atoms with Crippen LogP contribution in [0.1, 0.15) is 25.7 Å². The summed E-state index contributed by atoms with van der Waals surface area (Å²) in [5.41, 5.74) is 0.955. The minimum Gasteiger partial charge on any atom is -0.508 e. The van der Waals surface area contributed by atoms with Gasteiger partial charge in [-0.15, -0.1) is 0 Å². The van der Waals surface area contributed by atoms with Crippen molar-refractivity contribution in [2.24, 2.45) is 4.99 Å².